The number of ether oxygens (including phenoxy) is 2. The molecule has 10 nitrogen and oxygen atoms in total. The Morgan fingerprint density at radius 1 is 0.387 bits per heavy atom. The van der Waals surface area contributed by atoms with Crippen LogP contribution in [0.4, 0.5) is 0 Å². The molecule has 0 bridgehead atoms. The fraction of sp³-hybridized carbons (Fsp3) is 0.714. The number of hydrogen-bond acceptors (Lipinski definition) is 8. The summed E-state index contributed by atoms with van der Waals surface area (Å²) in [7, 11) is 0. The Morgan fingerprint density at radius 3 is 0.839 bits per heavy atom. The van der Waals surface area contributed by atoms with Gasteiger partial charge in [0.15, 0.2) is 0 Å². The van der Waals surface area contributed by atoms with E-state index in [1.165, 1.54) is 0 Å². The summed E-state index contributed by atoms with van der Waals surface area (Å²) < 4.78 is 9.33. The van der Waals surface area contributed by atoms with E-state index < -0.39 is 35.8 Å². The average molecular weight is 444 g/mol. The van der Waals surface area contributed by atoms with Gasteiger partial charge in [-0.3, -0.25) is 28.8 Å². The summed E-state index contributed by atoms with van der Waals surface area (Å²) in [5.74, 6) is -4.33. The predicted octanol–water partition coefficient (Wildman–Crippen LogP) is 3.15. The molecule has 0 unspecified atom stereocenters. The summed E-state index contributed by atoms with van der Waals surface area (Å²) in [6.45, 7) is 0. The number of carbonyl (C=O) groups is 6. The maximum absolute atomic E-state index is 11.6. The molecule has 0 aromatic rings. The van der Waals surface area contributed by atoms with E-state index in [9.17, 15) is 28.8 Å². The number of unbranched alkanes of at least 4 members (excludes halogenated alkanes) is 6. The maximum Gasteiger partial charge on any atom is 0.313 e. The molecule has 0 amide bonds. The van der Waals surface area contributed by atoms with Gasteiger partial charge < -0.3 is 19.7 Å². The summed E-state index contributed by atoms with van der Waals surface area (Å²) in [5.41, 5.74) is 0. The van der Waals surface area contributed by atoms with Crippen LogP contribution in [0.2, 0.25) is 0 Å². The summed E-state index contributed by atoms with van der Waals surface area (Å²) in [6, 6.07) is 0. The van der Waals surface area contributed by atoms with Crippen molar-refractivity contribution >= 4 is 35.8 Å². The van der Waals surface area contributed by atoms with Crippen LogP contribution in [0.25, 0.3) is 0 Å². The zero-order chi connectivity index (χ0) is 23.5. The quantitative estimate of drug-likeness (QED) is 0.182. The van der Waals surface area contributed by atoms with Crippen molar-refractivity contribution in [1.82, 2.24) is 0 Å². The highest BCUT2D eigenvalue weighted by Gasteiger charge is 2.12. The Kier molecular flexibility index (Phi) is 16.4. The van der Waals surface area contributed by atoms with Gasteiger partial charge in [-0.2, -0.15) is 0 Å². The number of aliphatic carboxylic acids is 2. The lowest BCUT2D eigenvalue weighted by Gasteiger charge is -2.04. The summed E-state index contributed by atoms with van der Waals surface area (Å²) in [6.07, 6.45) is 4.66. The first-order valence-corrected chi connectivity index (χ1v) is 10.6. The van der Waals surface area contributed by atoms with Gasteiger partial charge in [-0.1, -0.05) is 19.3 Å². The Labute approximate surface area is 181 Å². The van der Waals surface area contributed by atoms with Crippen LogP contribution >= 0.6 is 0 Å². The largest absolute Gasteiger partial charge is 0.481 e. The standard InChI is InChI=1S/C21H32O10/c22-16(23)10-4-1-6-12-18(26)30-20(28)14-8-3-9-15-21(29)31-19(27)13-7-2-5-11-17(24)25/h1-15H2,(H,22,23)(H,24,25). The third-order valence-corrected chi connectivity index (χ3v) is 4.26. The zero-order valence-electron chi connectivity index (χ0n) is 17.8. The molecule has 176 valence electrons. The minimum atomic E-state index is -0.886. The molecular formula is C21H32O10. The van der Waals surface area contributed by atoms with E-state index >= 15 is 0 Å². The van der Waals surface area contributed by atoms with Gasteiger partial charge in [0, 0.05) is 38.5 Å². The second-order valence-electron chi connectivity index (χ2n) is 7.16. The number of carboxylic acids is 2. The van der Waals surface area contributed by atoms with Gasteiger partial charge in [-0.15, -0.1) is 0 Å². The first-order chi connectivity index (χ1) is 14.7. The SMILES string of the molecule is O=C(O)CCCCCC(=O)OC(=O)CCCCCC(=O)OC(=O)CCCCCC(=O)O. The molecule has 0 saturated heterocycles. The monoisotopic (exact) mass is 444 g/mol. The van der Waals surface area contributed by atoms with Crippen LogP contribution in [0.1, 0.15) is 96.3 Å². The summed E-state index contributed by atoms with van der Waals surface area (Å²) in [5, 5.41) is 17.0. The van der Waals surface area contributed by atoms with Crippen molar-refractivity contribution in [2.45, 2.75) is 96.3 Å². The Hall–Kier alpha value is -2.78. The summed E-state index contributed by atoms with van der Waals surface area (Å²) in [4.78, 5) is 66.8. The van der Waals surface area contributed by atoms with E-state index in [-0.39, 0.29) is 38.5 Å². The molecule has 0 aliphatic rings. The molecule has 0 spiro atoms. The third-order valence-electron chi connectivity index (χ3n) is 4.26. The third kappa shape index (κ3) is 20.3. The molecule has 0 radical (unpaired) electrons. The minimum Gasteiger partial charge on any atom is -0.481 e. The molecule has 0 fully saturated rings. The highest BCUT2D eigenvalue weighted by molar-refractivity contribution is 5.86. The second-order valence-corrected chi connectivity index (χ2v) is 7.16. The molecule has 10 heteroatoms. The highest BCUT2D eigenvalue weighted by Crippen LogP contribution is 2.09. The maximum atomic E-state index is 11.6. The van der Waals surface area contributed by atoms with Crippen molar-refractivity contribution in [3.63, 3.8) is 0 Å². The van der Waals surface area contributed by atoms with E-state index in [0.717, 1.165) is 0 Å². The zero-order valence-corrected chi connectivity index (χ0v) is 17.8. The Bertz CT molecular complexity index is 559. The van der Waals surface area contributed by atoms with Gasteiger partial charge in [0.05, 0.1) is 0 Å². The van der Waals surface area contributed by atoms with E-state index in [1.54, 1.807) is 0 Å². The first kappa shape index (κ1) is 28.2. The smallest absolute Gasteiger partial charge is 0.313 e. The van der Waals surface area contributed by atoms with Crippen molar-refractivity contribution in [2.75, 3.05) is 0 Å². The first-order valence-electron chi connectivity index (χ1n) is 10.6. The molecule has 0 saturated carbocycles. The molecule has 0 aromatic carbocycles. The number of esters is 4. The summed E-state index contributed by atoms with van der Waals surface area (Å²) >= 11 is 0. The van der Waals surface area contributed by atoms with E-state index in [0.29, 0.717) is 57.8 Å². The van der Waals surface area contributed by atoms with Gasteiger partial charge in [-0.25, -0.2) is 0 Å². The molecule has 2 N–H and O–H groups in total. The highest BCUT2D eigenvalue weighted by atomic mass is 16.6. The van der Waals surface area contributed by atoms with Crippen LogP contribution in [-0.2, 0) is 38.2 Å². The molecule has 0 atom stereocenters. The van der Waals surface area contributed by atoms with Gasteiger partial charge in [0.2, 0.25) is 0 Å². The van der Waals surface area contributed by atoms with Crippen LogP contribution in [-0.4, -0.2) is 46.0 Å². The Morgan fingerprint density at radius 2 is 0.613 bits per heavy atom. The lowest BCUT2D eigenvalue weighted by Crippen LogP contribution is -2.13. The van der Waals surface area contributed by atoms with E-state index in [1.807, 2.05) is 0 Å². The van der Waals surface area contributed by atoms with Crippen molar-refractivity contribution in [3.8, 4) is 0 Å². The van der Waals surface area contributed by atoms with Gasteiger partial charge >= 0.3 is 35.8 Å². The molecular weight excluding hydrogens is 412 g/mol. The number of carbonyl (C=O) groups excluding carboxylic acids is 4. The van der Waals surface area contributed by atoms with Crippen LogP contribution in [0.5, 0.6) is 0 Å². The lowest BCUT2D eigenvalue weighted by molar-refractivity contribution is -0.161. The Balaban J connectivity index is 3.64. The molecule has 0 aliphatic carbocycles. The van der Waals surface area contributed by atoms with Gasteiger partial charge in [0.25, 0.3) is 0 Å². The van der Waals surface area contributed by atoms with Crippen LogP contribution in [0.3, 0.4) is 0 Å². The minimum absolute atomic E-state index is 0.0368. The van der Waals surface area contributed by atoms with E-state index in [2.05, 4.69) is 9.47 Å². The van der Waals surface area contributed by atoms with Crippen molar-refractivity contribution in [3.05, 3.63) is 0 Å². The topological polar surface area (TPSA) is 161 Å². The van der Waals surface area contributed by atoms with Gasteiger partial charge in [-0.05, 0) is 38.5 Å². The number of hydrogen-bond donors (Lipinski definition) is 2. The second kappa shape index (κ2) is 18.0. The number of carboxylic acid groups (broad SMARTS) is 2. The van der Waals surface area contributed by atoms with Crippen LogP contribution < -0.4 is 0 Å². The fourth-order valence-electron chi connectivity index (χ4n) is 2.62. The molecule has 0 aliphatic heterocycles. The lowest BCUT2D eigenvalue weighted by atomic mass is 10.1. The van der Waals surface area contributed by atoms with Crippen molar-refractivity contribution in [1.29, 1.82) is 0 Å². The molecule has 0 rings (SSSR count). The number of rotatable bonds is 18. The average Bonchev–Trinajstić information content (AvgIpc) is 2.66. The predicted molar refractivity (Wildman–Crippen MR) is 107 cm³/mol. The van der Waals surface area contributed by atoms with Crippen molar-refractivity contribution < 1.29 is 48.5 Å². The molecule has 31 heavy (non-hydrogen) atoms. The van der Waals surface area contributed by atoms with E-state index in [4.69, 9.17) is 10.2 Å². The van der Waals surface area contributed by atoms with Crippen molar-refractivity contribution in [2.24, 2.45) is 0 Å². The molecule has 0 heterocycles. The van der Waals surface area contributed by atoms with Gasteiger partial charge in [0.1, 0.15) is 0 Å². The molecule has 0 aromatic heterocycles. The fourth-order valence-corrected chi connectivity index (χ4v) is 2.62. The normalized spacial score (nSPS) is 10.3. The van der Waals surface area contributed by atoms with Crippen LogP contribution in [0.15, 0.2) is 0 Å². The van der Waals surface area contributed by atoms with Crippen LogP contribution in [0, 0.1) is 0 Å².